The Morgan fingerprint density at radius 3 is 2.39 bits per heavy atom. The van der Waals surface area contributed by atoms with Crippen LogP contribution in [0.5, 0.6) is 0 Å². The van der Waals surface area contributed by atoms with E-state index in [4.69, 9.17) is 0 Å². The van der Waals surface area contributed by atoms with E-state index in [0.29, 0.717) is 35.4 Å². The van der Waals surface area contributed by atoms with Crippen LogP contribution in [0.1, 0.15) is 24.0 Å². The number of hydrogen-bond donors (Lipinski definition) is 2. The first-order valence-corrected chi connectivity index (χ1v) is 13.4. The summed E-state index contributed by atoms with van der Waals surface area (Å²) in [6.45, 7) is 4.63. The number of sulfonamides is 1. The van der Waals surface area contributed by atoms with Crippen LogP contribution in [0.25, 0.3) is 0 Å². The summed E-state index contributed by atoms with van der Waals surface area (Å²) in [4.78, 5) is 24.7. The number of amides is 2. The standard InChI is InChI=1S/C19H25N5O4S3/c1-12-8-13(2)10-15(9-12)20-16(25)11-29-19-23-22-18(30-19)21-17(26)14-4-6-24(7-5-14)31(3,27)28/h8-10,14H,4-7,11H2,1-3H3,(H,20,25)(H,21,22,26). The van der Waals surface area contributed by atoms with Crippen molar-refractivity contribution in [1.29, 1.82) is 0 Å². The van der Waals surface area contributed by atoms with Gasteiger partial charge in [0.15, 0.2) is 4.34 Å². The molecule has 2 N–H and O–H groups in total. The zero-order valence-electron chi connectivity index (χ0n) is 17.5. The SMILES string of the molecule is Cc1cc(C)cc(NC(=O)CSc2nnc(NC(=O)C3CCN(S(C)(=O)=O)CC3)s2)c1. The van der Waals surface area contributed by atoms with E-state index in [1.54, 1.807) is 0 Å². The minimum absolute atomic E-state index is 0.145. The topological polar surface area (TPSA) is 121 Å². The molecule has 1 aromatic heterocycles. The van der Waals surface area contributed by atoms with Crippen LogP contribution in [0, 0.1) is 19.8 Å². The molecule has 2 aromatic rings. The van der Waals surface area contributed by atoms with Gasteiger partial charge in [-0.2, -0.15) is 0 Å². The maximum atomic E-state index is 12.4. The fraction of sp³-hybridized carbons (Fsp3) is 0.474. The van der Waals surface area contributed by atoms with Gasteiger partial charge in [0.1, 0.15) is 0 Å². The number of aromatic nitrogens is 2. The van der Waals surface area contributed by atoms with Gasteiger partial charge in [0.2, 0.25) is 27.0 Å². The lowest BCUT2D eigenvalue weighted by molar-refractivity contribution is -0.121. The maximum Gasteiger partial charge on any atom is 0.234 e. The first-order chi connectivity index (χ1) is 14.6. The van der Waals surface area contributed by atoms with Crippen LogP contribution < -0.4 is 10.6 Å². The fourth-order valence-corrected chi connectivity index (χ4v) is 5.78. The Hall–Kier alpha value is -2.02. The fourth-order valence-electron chi connectivity index (χ4n) is 3.35. The lowest BCUT2D eigenvalue weighted by Gasteiger charge is -2.29. The molecule has 0 radical (unpaired) electrons. The monoisotopic (exact) mass is 483 g/mol. The third-order valence-corrected chi connectivity index (χ3v) is 8.04. The molecule has 0 spiro atoms. The van der Waals surface area contributed by atoms with Gasteiger partial charge < -0.3 is 10.6 Å². The molecule has 0 saturated carbocycles. The first-order valence-electron chi connectivity index (χ1n) is 9.70. The number of anilines is 2. The molecule has 1 saturated heterocycles. The quantitative estimate of drug-likeness (QED) is 0.458. The van der Waals surface area contributed by atoms with Crippen molar-refractivity contribution >= 4 is 55.8 Å². The smallest absolute Gasteiger partial charge is 0.234 e. The van der Waals surface area contributed by atoms with Gasteiger partial charge >= 0.3 is 0 Å². The van der Waals surface area contributed by atoms with Crippen LogP contribution in [-0.4, -0.2) is 59.8 Å². The van der Waals surface area contributed by atoms with Crippen molar-refractivity contribution in [3.63, 3.8) is 0 Å². The summed E-state index contributed by atoms with van der Waals surface area (Å²) < 4.78 is 25.1. The van der Waals surface area contributed by atoms with E-state index < -0.39 is 10.0 Å². The van der Waals surface area contributed by atoms with Crippen molar-refractivity contribution < 1.29 is 18.0 Å². The van der Waals surface area contributed by atoms with Gasteiger partial charge in [-0.1, -0.05) is 29.2 Å². The van der Waals surface area contributed by atoms with Gasteiger partial charge in [-0.25, -0.2) is 12.7 Å². The Bertz CT molecular complexity index is 1040. The molecule has 168 valence electrons. The van der Waals surface area contributed by atoms with Crippen molar-refractivity contribution in [2.75, 3.05) is 35.7 Å². The van der Waals surface area contributed by atoms with E-state index in [2.05, 4.69) is 20.8 Å². The average Bonchev–Trinajstić information content (AvgIpc) is 3.12. The lowest BCUT2D eigenvalue weighted by Crippen LogP contribution is -2.40. The Morgan fingerprint density at radius 1 is 1.13 bits per heavy atom. The molecule has 3 rings (SSSR count). The van der Waals surface area contributed by atoms with Crippen LogP contribution in [0.4, 0.5) is 10.8 Å². The number of thioether (sulfide) groups is 1. The van der Waals surface area contributed by atoms with Crippen molar-refractivity contribution in [1.82, 2.24) is 14.5 Å². The molecule has 1 aliphatic rings. The molecule has 1 aliphatic heterocycles. The summed E-state index contributed by atoms with van der Waals surface area (Å²) in [5.41, 5.74) is 2.92. The van der Waals surface area contributed by atoms with Crippen LogP contribution >= 0.6 is 23.1 Å². The molecule has 2 heterocycles. The number of aryl methyl sites for hydroxylation is 2. The number of hydrogen-bond acceptors (Lipinski definition) is 8. The summed E-state index contributed by atoms with van der Waals surface area (Å²) >= 11 is 2.46. The van der Waals surface area contributed by atoms with Crippen molar-refractivity contribution in [2.24, 2.45) is 5.92 Å². The van der Waals surface area contributed by atoms with Gasteiger partial charge in [-0.05, 0) is 49.9 Å². The number of benzene rings is 1. The van der Waals surface area contributed by atoms with Crippen LogP contribution in [0.3, 0.4) is 0 Å². The number of nitrogens with one attached hydrogen (secondary N) is 2. The zero-order valence-corrected chi connectivity index (χ0v) is 20.0. The number of piperidine rings is 1. The van der Waals surface area contributed by atoms with Crippen LogP contribution in [-0.2, 0) is 19.6 Å². The van der Waals surface area contributed by atoms with Gasteiger partial charge in [0.25, 0.3) is 0 Å². The van der Waals surface area contributed by atoms with E-state index >= 15 is 0 Å². The molecule has 0 atom stereocenters. The number of carbonyl (C=O) groups excluding carboxylic acids is 2. The summed E-state index contributed by atoms with van der Waals surface area (Å²) in [5, 5.41) is 14.0. The molecular weight excluding hydrogens is 458 g/mol. The Kier molecular flexibility index (Phi) is 7.68. The van der Waals surface area contributed by atoms with Gasteiger partial charge in [0, 0.05) is 24.7 Å². The molecule has 1 fully saturated rings. The molecule has 2 amide bonds. The minimum atomic E-state index is -3.22. The number of nitrogens with zero attached hydrogens (tertiary/aromatic N) is 3. The maximum absolute atomic E-state index is 12.4. The predicted molar refractivity (Wildman–Crippen MR) is 123 cm³/mol. The molecule has 1 aromatic carbocycles. The Balaban J connectivity index is 1.46. The number of carbonyl (C=O) groups is 2. The second-order valence-corrected chi connectivity index (χ2v) is 11.7. The second-order valence-electron chi connectivity index (χ2n) is 7.51. The predicted octanol–water partition coefficient (Wildman–Crippen LogP) is 2.50. The van der Waals surface area contributed by atoms with Crippen molar-refractivity contribution in [2.45, 2.75) is 31.0 Å². The summed E-state index contributed by atoms with van der Waals surface area (Å²) in [6, 6.07) is 5.86. The van der Waals surface area contributed by atoms with Gasteiger partial charge in [-0.15, -0.1) is 10.2 Å². The average molecular weight is 484 g/mol. The van der Waals surface area contributed by atoms with E-state index in [1.807, 2.05) is 32.0 Å². The van der Waals surface area contributed by atoms with E-state index in [0.717, 1.165) is 16.8 Å². The highest BCUT2D eigenvalue weighted by Gasteiger charge is 2.29. The lowest BCUT2D eigenvalue weighted by atomic mass is 9.97. The van der Waals surface area contributed by atoms with Crippen molar-refractivity contribution in [3.8, 4) is 0 Å². The molecule has 12 heteroatoms. The van der Waals surface area contributed by atoms with Crippen LogP contribution in [0.15, 0.2) is 22.5 Å². The summed E-state index contributed by atoms with van der Waals surface area (Å²) in [5.74, 6) is -0.414. The normalized spacial score (nSPS) is 15.6. The Labute approximate surface area is 190 Å². The largest absolute Gasteiger partial charge is 0.325 e. The molecule has 0 bridgehead atoms. The highest BCUT2D eigenvalue weighted by molar-refractivity contribution is 8.01. The third kappa shape index (κ3) is 6.99. The molecule has 9 nitrogen and oxygen atoms in total. The molecule has 0 unspecified atom stereocenters. The van der Waals surface area contributed by atoms with E-state index in [9.17, 15) is 18.0 Å². The molecular formula is C19H25N5O4S3. The first kappa shape index (κ1) is 23.6. The van der Waals surface area contributed by atoms with Gasteiger partial charge in [-0.3, -0.25) is 9.59 Å². The van der Waals surface area contributed by atoms with Crippen molar-refractivity contribution in [3.05, 3.63) is 29.3 Å². The number of rotatable bonds is 7. The van der Waals surface area contributed by atoms with Crippen LogP contribution in [0.2, 0.25) is 0 Å². The molecule has 31 heavy (non-hydrogen) atoms. The third-order valence-electron chi connectivity index (χ3n) is 4.76. The minimum Gasteiger partial charge on any atom is -0.325 e. The van der Waals surface area contributed by atoms with Gasteiger partial charge in [0.05, 0.1) is 12.0 Å². The summed E-state index contributed by atoms with van der Waals surface area (Å²) in [6.07, 6.45) is 2.12. The highest BCUT2D eigenvalue weighted by Crippen LogP contribution is 2.27. The van der Waals surface area contributed by atoms with E-state index in [1.165, 1.54) is 33.7 Å². The second kappa shape index (κ2) is 10.1. The van der Waals surface area contributed by atoms with E-state index in [-0.39, 0.29) is 23.5 Å². The zero-order chi connectivity index (χ0) is 22.6. The summed E-state index contributed by atoms with van der Waals surface area (Å²) in [7, 11) is -3.22. The highest BCUT2D eigenvalue weighted by atomic mass is 32.2. The molecule has 0 aliphatic carbocycles. The Morgan fingerprint density at radius 2 is 1.77 bits per heavy atom.